The van der Waals surface area contributed by atoms with Gasteiger partial charge in [0.25, 0.3) is 5.91 Å². The van der Waals surface area contributed by atoms with E-state index in [4.69, 9.17) is 23.7 Å². The number of aromatic nitrogens is 1. The number of nitrogens with one attached hydrogen (secondary N) is 1. The summed E-state index contributed by atoms with van der Waals surface area (Å²) in [7, 11) is 1.27. The van der Waals surface area contributed by atoms with Crippen LogP contribution < -0.4 is 14.8 Å². The molecule has 15 heteroatoms. The smallest absolute Gasteiger partial charge is 0.416 e. The summed E-state index contributed by atoms with van der Waals surface area (Å²) < 4.78 is 65.8. The summed E-state index contributed by atoms with van der Waals surface area (Å²) in [6.45, 7) is 4.81. The topological polar surface area (TPSA) is 156 Å². The SMILES string of the molecule is COc1ccnc(C(=O)NC2COC(=O)[C@H](Cc3ccc(C(F)(F)F)cc3)[C@@H](OC(=O)C(C)C)[C@H](C)OC2=O)c1OC(C)=O. The number of rotatable bonds is 8. The van der Waals surface area contributed by atoms with Gasteiger partial charge in [-0.2, -0.15) is 13.2 Å². The number of pyridine rings is 1. The van der Waals surface area contributed by atoms with E-state index in [1.54, 1.807) is 13.8 Å². The molecule has 1 aromatic heterocycles. The van der Waals surface area contributed by atoms with Gasteiger partial charge in [0.05, 0.1) is 18.6 Å². The number of alkyl halides is 3. The van der Waals surface area contributed by atoms with Crippen LogP contribution in [0.5, 0.6) is 11.5 Å². The molecule has 2 aromatic rings. The number of esters is 4. The average molecular weight is 625 g/mol. The number of carbonyl (C=O) groups is 5. The zero-order valence-electron chi connectivity index (χ0n) is 24.4. The Bertz CT molecular complexity index is 1390. The van der Waals surface area contributed by atoms with Crippen LogP contribution in [0.2, 0.25) is 0 Å². The molecule has 0 bridgehead atoms. The second-order valence-corrected chi connectivity index (χ2v) is 10.1. The second-order valence-electron chi connectivity index (χ2n) is 10.1. The van der Waals surface area contributed by atoms with E-state index >= 15 is 0 Å². The lowest BCUT2D eigenvalue weighted by Gasteiger charge is -2.29. The van der Waals surface area contributed by atoms with Crippen molar-refractivity contribution in [1.82, 2.24) is 10.3 Å². The molecule has 1 saturated heterocycles. The lowest BCUT2D eigenvalue weighted by molar-refractivity contribution is -0.176. The number of cyclic esters (lactones) is 2. The first kappa shape index (κ1) is 33.8. The van der Waals surface area contributed by atoms with E-state index in [-0.39, 0.29) is 23.5 Å². The highest BCUT2D eigenvalue weighted by atomic mass is 19.4. The van der Waals surface area contributed by atoms with Crippen LogP contribution in [0.25, 0.3) is 0 Å². The summed E-state index contributed by atoms with van der Waals surface area (Å²) in [5.41, 5.74) is -1.03. The molecule has 12 nitrogen and oxygen atoms in total. The van der Waals surface area contributed by atoms with Gasteiger partial charge in [-0.15, -0.1) is 0 Å². The fourth-order valence-electron chi connectivity index (χ4n) is 4.19. The minimum Gasteiger partial charge on any atom is -0.493 e. The Labute approximate surface area is 250 Å². The number of halogens is 3. The molecular formula is C29H31F3N2O10. The molecule has 1 unspecified atom stereocenters. The van der Waals surface area contributed by atoms with Crippen molar-refractivity contribution in [3.8, 4) is 11.5 Å². The molecule has 238 valence electrons. The molecule has 0 spiro atoms. The number of hydrogen-bond acceptors (Lipinski definition) is 11. The van der Waals surface area contributed by atoms with Gasteiger partial charge >= 0.3 is 30.1 Å². The molecule has 0 radical (unpaired) electrons. The van der Waals surface area contributed by atoms with Gasteiger partial charge in [-0.05, 0) is 31.0 Å². The van der Waals surface area contributed by atoms with Crippen LogP contribution in [-0.2, 0) is 46.0 Å². The largest absolute Gasteiger partial charge is 0.493 e. The number of ether oxygens (including phenoxy) is 5. The first-order chi connectivity index (χ1) is 20.6. The zero-order chi connectivity index (χ0) is 32.8. The Morgan fingerprint density at radius 2 is 1.75 bits per heavy atom. The first-order valence-corrected chi connectivity index (χ1v) is 13.4. The number of hydrogen-bond donors (Lipinski definition) is 1. The summed E-state index contributed by atoms with van der Waals surface area (Å²) >= 11 is 0. The van der Waals surface area contributed by atoms with Crippen LogP contribution >= 0.6 is 0 Å². The van der Waals surface area contributed by atoms with E-state index in [1.807, 2.05) is 0 Å². The van der Waals surface area contributed by atoms with Gasteiger partial charge in [0.2, 0.25) is 5.75 Å². The van der Waals surface area contributed by atoms with E-state index in [0.717, 1.165) is 19.1 Å². The highest BCUT2D eigenvalue weighted by molar-refractivity contribution is 5.99. The normalized spacial score (nSPS) is 20.8. The molecule has 44 heavy (non-hydrogen) atoms. The number of nitrogens with zero attached hydrogens (tertiary/aromatic N) is 1. The third-order valence-corrected chi connectivity index (χ3v) is 6.46. The van der Waals surface area contributed by atoms with E-state index in [1.165, 1.54) is 38.4 Å². The Kier molecular flexibility index (Phi) is 10.9. The van der Waals surface area contributed by atoms with Crippen molar-refractivity contribution in [2.75, 3.05) is 13.7 Å². The zero-order valence-corrected chi connectivity index (χ0v) is 24.4. The maximum absolute atomic E-state index is 13.4. The first-order valence-electron chi connectivity index (χ1n) is 13.4. The molecule has 3 rings (SSSR count). The predicted octanol–water partition coefficient (Wildman–Crippen LogP) is 3.05. The molecule has 1 aliphatic heterocycles. The average Bonchev–Trinajstić information content (AvgIpc) is 2.98. The van der Waals surface area contributed by atoms with E-state index < -0.39 is 83.9 Å². The standard InChI is InChI=1S/C29H31F3N2O10/c1-14(2)26(37)44-23-15(3)42-28(39)20(34-25(36)22-24(43-16(4)35)21(40-5)10-11-33-22)13-41-27(38)19(23)12-17-6-8-18(9-7-17)29(30,31)32/h6-11,14-15,19-20,23H,12-13H2,1-5H3,(H,34,36)/t15-,19+,20?,23-/m0/s1. The van der Waals surface area contributed by atoms with E-state index in [9.17, 15) is 37.1 Å². The van der Waals surface area contributed by atoms with Gasteiger partial charge < -0.3 is 29.0 Å². The van der Waals surface area contributed by atoms with Crippen molar-refractivity contribution in [2.45, 2.75) is 58.5 Å². The summed E-state index contributed by atoms with van der Waals surface area (Å²) in [6.07, 6.45) is -6.27. The fourth-order valence-corrected chi connectivity index (χ4v) is 4.19. The Hall–Kier alpha value is -4.69. The van der Waals surface area contributed by atoms with Gasteiger partial charge in [0.15, 0.2) is 23.6 Å². The summed E-state index contributed by atoms with van der Waals surface area (Å²) in [4.78, 5) is 67.7. The van der Waals surface area contributed by atoms with Crippen molar-refractivity contribution in [1.29, 1.82) is 0 Å². The van der Waals surface area contributed by atoms with Crippen LogP contribution in [0.4, 0.5) is 13.2 Å². The summed E-state index contributed by atoms with van der Waals surface area (Å²) in [5, 5.41) is 2.33. The van der Waals surface area contributed by atoms with Crippen molar-refractivity contribution >= 4 is 29.8 Å². The minimum absolute atomic E-state index is 0.00152. The second kappa shape index (κ2) is 14.2. The third-order valence-electron chi connectivity index (χ3n) is 6.46. The molecular weight excluding hydrogens is 593 g/mol. The number of methoxy groups -OCH3 is 1. The van der Waals surface area contributed by atoms with Crippen molar-refractivity contribution < 1.29 is 60.8 Å². The van der Waals surface area contributed by atoms with E-state index in [2.05, 4.69) is 10.3 Å². The molecule has 1 fully saturated rings. The van der Waals surface area contributed by atoms with Gasteiger partial charge in [-0.3, -0.25) is 19.2 Å². The third kappa shape index (κ3) is 8.45. The number of amides is 1. The lowest BCUT2D eigenvalue weighted by atomic mass is 9.90. The van der Waals surface area contributed by atoms with Crippen LogP contribution in [0.1, 0.15) is 49.3 Å². The van der Waals surface area contributed by atoms with Crippen LogP contribution in [-0.4, -0.2) is 66.7 Å². The van der Waals surface area contributed by atoms with Crippen molar-refractivity contribution in [3.05, 3.63) is 53.3 Å². The molecule has 1 aromatic carbocycles. The quantitative estimate of drug-likeness (QED) is 0.340. The Morgan fingerprint density at radius 3 is 2.32 bits per heavy atom. The monoisotopic (exact) mass is 624 g/mol. The van der Waals surface area contributed by atoms with Gasteiger partial charge in [0, 0.05) is 19.2 Å². The summed E-state index contributed by atoms with van der Waals surface area (Å²) in [5.74, 6) is -6.80. The van der Waals surface area contributed by atoms with Crippen molar-refractivity contribution in [3.63, 3.8) is 0 Å². The Balaban J connectivity index is 1.91. The predicted molar refractivity (Wildman–Crippen MR) is 143 cm³/mol. The molecule has 1 aliphatic rings. The van der Waals surface area contributed by atoms with Crippen LogP contribution in [0, 0.1) is 11.8 Å². The van der Waals surface area contributed by atoms with E-state index in [0.29, 0.717) is 0 Å². The Morgan fingerprint density at radius 1 is 1.09 bits per heavy atom. The summed E-state index contributed by atoms with van der Waals surface area (Å²) in [6, 6.07) is 3.78. The number of benzene rings is 1. The highest BCUT2D eigenvalue weighted by Gasteiger charge is 2.42. The van der Waals surface area contributed by atoms with Gasteiger partial charge in [-0.25, -0.2) is 9.78 Å². The molecule has 1 N–H and O–H groups in total. The van der Waals surface area contributed by atoms with Crippen LogP contribution in [0.15, 0.2) is 36.5 Å². The number of carbonyl (C=O) groups excluding carboxylic acids is 5. The molecule has 4 atom stereocenters. The molecule has 1 amide bonds. The molecule has 0 aliphatic carbocycles. The fraction of sp³-hybridized carbons (Fsp3) is 0.448. The lowest BCUT2D eigenvalue weighted by Crippen LogP contribution is -2.47. The maximum atomic E-state index is 13.4. The van der Waals surface area contributed by atoms with Gasteiger partial charge in [-0.1, -0.05) is 26.0 Å². The van der Waals surface area contributed by atoms with Crippen LogP contribution in [0.3, 0.4) is 0 Å². The highest BCUT2D eigenvalue weighted by Crippen LogP contribution is 2.31. The minimum atomic E-state index is -4.58. The van der Waals surface area contributed by atoms with Gasteiger partial charge in [0.1, 0.15) is 18.6 Å². The maximum Gasteiger partial charge on any atom is 0.416 e. The van der Waals surface area contributed by atoms with Crippen molar-refractivity contribution in [2.24, 2.45) is 11.8 Å². The molecule has 0 saturated carbocycles. The molecule has 2 heterocycles.